The molecule has 0 unspecified atom stereocenters. The summed E-state index contributed by atoms with van der Waals surface area (Å²) in [7, 11) is 0. The van der Waals surface area contributed by atoms with Gasteiger partial charge in [-0.15, -0.1) is 0 Å². The highest BCUT2D eigenvalue weighted by molar-refractivity contribution is 5.99. The van der Waals surface area contributed by atoms with Gasteiger partial charge in [-0.25, -0.2) is 4.79 Å². The van der Waals surface area contributed by atoms with Gasteiger partial charge in [-0.3, -0.25) is 4.79 Å². The van der Waals surface area contributed by atoms with Crippen LogP contribution in [0, 0.1) is 16.7 Å². The van der Waals surface area contributed by atoms with Crippen LogP contribution in [0.15, 0.2) is 18.2 Å². The monoisotopic (exact) mass is 316 g/mol. The SMILES string of the molecule is CC(C)(C)C[C@@H](C(=O)O)N1CCOc2cc(C#N)ccc2C1=O. The van der Waals surface area contributed by atoms with Gasteiger partial charge in [-0.2, -0.15) is 5.26 Å². The van der Waals surface area contributed by atoms with Gasteiger partial charge >= 0.3 is 5.97 Å². The molecule has 0 aliphatic carbocycles. The fourth-order valence-corrected chi connectivity index (χ4v) is 2.61. The maximum atomic E-state index is 12.8. The third-order valence-corrected chi connectivity index (χ3v) is 3.66. The Morgan fingerprint density at radius 3 is 2.74 bits per heavy atom. The van der Waals surface area contributed by atoms with E-state index in [0.717, 1.165) is 0 Å². The van der Waals surface area contributed by atoms with Gasteiger partial charge in [-0.05, 0) is 30.0 Å². The third kappa shape index (κ3) is 3.81. The first-order valence-electron chi connectivity index (χ1n) is 7.43. The van der Waals surface area contributed by atoms with Crippen LogP contribution in [0.25, 0.3) is 0 Å². The van der Waals surface area contributed by atoms with Crippen LogP contribution >= 0.6 is 0 Å². The minimum atomic E-state index is -1.02. The first-order chi connectivity index (χ1) is 10.7. The molecule has 1 aromatic rings. The van der Waals surface area contributed by atoms with E-state index in [1.54, 1.807) is 0 Å². The molecule has 0 aromatic heterocycles. The van der Waals surface area contributed by atoms with E-state index in [2.05, 4.69) is 0 Å². The van der Waals surface area contributed by atoms with Gasteiger partial charge in [0.25, 0.3) is 5.91 Å². The van der Waals surface area contributed by atoms with Gasteiger partial charge < -0.3 is 14.7 Å². The molecule has 122 valence electrons. The van der Waals surface area contributed by atoms with Crippen molar-refractivity contribution in [2.75, 3.05) is 13.2 Å². The van der Waals surface area contributed by atoms with E-state index in [0.29, 0.717) is 23.3 Å². The fourth-order valence-electron chi connectivity index (χ4n) is 2.61. The van der Waals surface area contributed by atoms with Crippen molar-refractivity contribution in [2.24, 2.45) is 5.41 Å². The van der Waals surface area contributed by atoms with Crippen molar-refractivity contribution in [3.8, 4) is 11.8 Å². The number of aliphatic carboxylic acids is 1. The lowest BCUT2D eigenvalue weighted by molar-refractivity contribution is -0.143. The highest BCUT2D eigenvalue weighted by atomic mass is 16.5. The molecule has 1 amide bonds. The highest BCUT2D eigenvalue weighted by Gasteiger charge is 2.35. The van der Waals surface area contributed by atoms with Crippen molar-refractivity contribution in [2.45, 2.75) is 33.2 Å². The van der Waals surface area contributed by atoms with E-state index in [1.807, 2.05) is 26.8 Å². The standard InChI is InChI=1S/C17H20N2O4/c1-17(2,3)9-13(16(21)22)19-6-7-23-14-8-11(10-18)4-5-12(14)15(19)20/h4-5,8,13H,6-7,9H2,1-3H3,(H,21,22)/t13-/m0/s1. The zero-order valence-corrected chi connectivity index (χ0v) is 13.5. The minimum Gasteiger partial charge on any atom is -0.491 e. The van der Waals surface area contributed by atoms with E-state index in [9.17, 15) is 14.7 Å². The summed E-state index contributed by atoms with van der Waals surface area (Å²) in [6.45, 7) is 6.21. The molecule has 1 aromatic carbocycles. The largest absolute Gasteiger partial charge is 0.491 e. The van der Waals surface area contributed by atoms with Crippen molar-refractivity contribution in [1.29, 1.82) is 5.26 Å². The topological polar surface area (TPSA) is 90.6 Å². The number of carbonyl (C=O) groups is 2. The third-order valence-electron chi connectivity index (χ3n) is 3.66. The zero-order valence-electron chi connectivity index (χ0n) is 13.5. The summed E-state index contributed by atoms with van der Waals surface area (Å²) >= 11 is 0. The van der Waals surface area contributed by atoms with Crippen molar-refractivity contribution in [3.63, 3.8) is 0 Å². The smallest absolute Gasteiger partial charge is 0.326 e. The van der Waals surface area contributed by atoms with Gasteiger partial charge in [0.1, 0.15) is 18.4 Å². The summed E-state index contributed by atoms with van der Waals surface area (Å²) in [5.41, 5.74) is 0.459. The summed E-state index contributed by atoms with van der Waals surface area (Å²) in [4.78, 5) is 25.8. The minimum absolute atomic E-state index is 0.196. The van der Waals surface area contributed by atoms with Gasteiger partial charge in [0.05, 0.1) is 23.7 Å². The Labute approximate surface area is 135 Å². The molecule has 0 fully saturated rings. The summed E-state index contributed by atoms with van der Waals surface area (Å²) in [5.74, 6) is -1.07. The lowest BCUT2D eigenvalue weighted by Gasteiger charge is -2.31. The number of carbonyl (C=O) groups excluding carboxylic acids is 1. The number of benzene rings is 1. The van der Waals surface area contributed by atoms with Gasteiger partial charge in [0.2, 0.25) is 0 Å². The number of fused-ring (bicyclic) bond motifs is 1. The molecule has 2 rings (SSSR count). The Morgan fingerprint density at radius 1 is 1.48 bits per heavy atom. The Hall–Kier alpha value is -2.55. The molecular formula is C17H20N2O4. The number of nitrogens with zero attached hydrogens (tertiary/aromatic N) is 2. The number of ether oxygens (including phenoxy) is 1. The van der Waals surface area contributed by atoms with Crippen LogP contribution in [-0.2, 0) is 4.79 Å². The predicted molar refractivity (Wildman–Crippen MR) is 83.2 cm³/mol. The van der Waals surface area contributed by atoms with Crippen LogP contribution < -0.4 is 4.74 Å². The summed E-state index contributed by atoms with van der Waals surface area (Å²) < 4.78 is 5.55. The first-order valence-corrected chi connectivity index (χ1v) is 7.43. The van der Waals surface area contributed by atoms with Gasteiger partial charge in [0.15, 0.2) is 0 Å². The second-order valence-corrected chi connectivity index (χ2v) is 6.79. The Balaban J connectivity index is 2.38. The lowest BCUT2D eigenvalue weighted by Crippen LogP contribution is -2.47. The highest BCUT2D eigenvalue weighted by Crippen LogP contribution is 2.29. The molecule has 0 spiro atoms. The zero-order chi connectivity index (χ0) is 17.2. The molecule has 1 N–H and O–H groups in total. The molecule has 1 aliphatic rings. The molecule has 0 radical (unpaired) electrons. The number of nitriles is 1. The Kier molecular flexibility index (Phi) is 4.60. The van der Waals surface area contributed by atoms with Crippen molar-refractivity contribution < 1.29 is 19.4 Å². The molecular weight excluding hydrogens is 296 g/mol. The Bertz CT molecular complexity index is 670. The molecule has 1 atom stereocenters. The quantitative estimate of drug-likeness (QED) is 0.924. The van der Waals surface area contributed by atoms with Gasteiger partial charge in [0, 0.05) is 0 Å². The van der Waals surface area contributed by atoms with Crippen LogP contribution in [0.2, 0.25) is 0 Å². The van der Waals surface area contributed by atoms with Crippen LogP contribution in [0.1, 0.15) is 43.1 Å². The summed E-state index contributed by atoms with van der Waals surface area (Å²) in [5, 5.41) is 18.5. The number of rotatable bonds is 3. The van der Waals surface area contributed by atoms with E-state index < -0.39 is 12.0 Å². The Morgan fingerprint density at radius 2 is 2.17 bits per heavy atom. The molecule has 0 saturated heterocycles. The second kappa shape index (κ2) is 6.29. The molecule has 6 heteroatoms. The molecule has 23 heavy (non-hydrogen) atoms. The van der Waals surface area contributed by atoms with Gasteiger partial charge in [-0.1, -0.05) is 20.8 Å². The fraction of sp³-hybridized carbons (Fsp3) is 0.471. The average molecular weight is 316 g/mol. The van der Waals surface area contributed by atoms with Crippen LogP contribution in [0.4, 0.5) is 0 Å². The normalized spacial score (nSPS) is 15.9. The predicted octanol–water partition coefficient (Wildman–Crippen LogP) is 2.28. The molecule has 1 heterocycles. The number of carboxylic acids is 1. The van der Waals surface area contributed by atoms with E-state index >= 15 is 0 Å². The van der Waals surface area contributed by atoms with E-state index in [1.165, 1.54) is 23.1 Å². The summed E-state index contributed by atoms with van der Waals surface area (Å²) in [6.07, 6.45) is 0.347. The maximum absolute atomic E-state index is 12.8. The van der Waals surface area contributed by atoms with E-state index in [-0.39, 0.29) is 24.5 Å². The molecule has 0 bridgehead atoms. The van der Waals surface area contributed by atoms with Crippen molar-refractivity contribution in [1.82, 2.24) is 4.90 Å². The van der Waals surface area contributed by atoms with Crippen molar-refractivity contribution in [3.05, 3.63) is 29.3 Å². The second-order valence-electron chi connectivity index (χ2n) is 6.79. The molecule has 0 saturated carbocycles. The molecule has 6 nitrogen and oxygen atoms in total. The molecule has 1 aliphatic heterocycles. The van der Waals surface area contributed by atoms with Crippen LogP contribution in [0.5, 0.6) is 5.75 Å². The van der Waals surface area contributed by atoms with Crippen LogP contribution in [0.3, 0.4) is 0 Å². The number of hydrogen-bond donors (Lipinski definition) is 1. The maximum Gasteiger partial charge on any atom is 0.326 e. The number of carboxylic acid groups (broad SMARTS) is 1. The summed E-state index contributed by atoms with van der Waals surface area (Å²) in [6, 6.07) is 5.65. The first kappa shape index (κ1) is 16.8. The van der Waals surface area contributed by atoms with Crippen LogP contribution in [-0.4, -0.2) is 41.1 Å². The van der Waals surface area contributed by atoms with Crippen molar-refractivity contribution >= 4 is 11.9 Å². The van der Waals surface area contributed by atoms with E-state index in [4.69, 9.17) is 10.00 Å². The number of amides is 1. The number of hydrogen-bond acceptors (Lipinski definition) is 4. The average Bonchev–Trinajstić information content (AvgIpc) is 2.62. The lowest BCUT2D eigenvalue weighted by atomic mass is 9.87.